The Bertz CT molecular complexity index is 1270. The fraction of sp³-hybridized carbons (Fsp3) is 0.167. The second-order valence-electron chi connectivity index (χ2n) is 7.45. The highest BCUT2D eigenvalue weighted by Crippen LogP contribution is 2.20. The van der Waals surface area contributed by atoms with Gasteiger partial charge in [0.15, 0.2) is 0 Å². The van der Waals surface area contributed by atoms with Gasteiger partial charge in [0.2, 0.25) is 0 Å². The van der Waals surface area contributed by atoms with Gasteiger partial charge in [-0.3, -0.25) is 14.8 Å². The van der Waals surface area contributed by atoms with Crippen molar-refractivity contribution in [3.8, 4) is 0 Å². The fourth-order valence-electron chi connectivity index (χ4n) is 3.09. The molecule has 0 aromatic heterocycles. The van der Waals surface area contributed by atoms with Crippen molar-refractivity contribution in [1.29, 1.82) is 0 Å². The summed E-state index contributed by atoms with van der Waals surface area (Å²) >= 11 is 0. The number of aryl methyl sites for hydroxylation is 2. The van der Waals surface area contributed by atoms with Crippen molar-refractivity contribution in [2.24, 2.45) is 0 Å². The number of anilines is 2. The number of hydrogen-bond acceptors (Lipinski definition) is 5. The van der Waals surface area contributed by atoms with Gasteiger partial charge in [-0.2, -0.15) is 0 Å². The number of methoxy groups -OCH3 is 1. The van der Waals surface area contributed by atoms with Gasteiger partial charge in [-0.05, 0) is 66.9 Å². The van der Waals surface area contributed by atoms with Gasteiger partial charge in [0.1, 0.15) is 0 Å². The van der Waals surface area contributed by atoms with Crippen LogP contribution in [0.4, 0.5) is 16.2 Å². The van der Waals surface area contributed by atoms with Crippen molar-refractivity contribution in [2.45, 2.75) is 25.3 Å². The molecule has 0 bridgehead atoms. The fourth-order valence-corrected chi connectivity index (χ4v) is 4.16. The monoisotopic (exact) mass is 467 g/mol. The minimum Gasteiger partial charge on any atom is -0.453 e. The molecule has 0 spiro atoms. The van der Waals surface area contributed by atoms with E-state index in [1.54, 1.807) is 55.5 Å². The predicted molar refractivity (Wildman–Crippen MR) is 127 cm³/mol. The van der Waals surface area contributed by atoms with Crippen molar-refractivity contribution in [3.63, 3.8) is 0 Å². The number of carbonyl (C=O) groups is 2. The molecule has 0 aliphatic heterocycles. The third-order valence-corrected chi connectivity index (χ3v) is 6.25. The molecule has 9 heteroatoms. The molecule has 8 nitrogen and oxygen atoms in total. The van der Waals surface area contributed by atoms with Crippen LogP contribution in [0.2, 0.25) is 0 Å². The smallest absolute Gasteiger partial charge is 0.411 e. The third-order valence-electron chi connectivity index (χ3n) is 4.87. The van der Waals surface area contributed by atoms with Crippen LogP contribution < -0.4 is 15.4 Å². The summed E-state index contributed by atoms with van der Waals surface area (Å²) in [6.45, 7) is 3.84. The first kappa shape index (κ1) is 23.8. The van der Waals surface area contributed by atoms with Crippen molar-refractivity contribution < 1.29 is 22.7 Å². The summed E-state index contributed by atoms with van der Waals surface area (Å²) in [6.07, 6.45) is -0.571. The zero-order chi connectivity index (χ0) is 24.0. The van der Waals surface area contributed by atoms with Gasteiger partial charge in [0.05, 0.1) is 12.0 Å². The van der Waals surface area contributed by atoms with Gasteiger partial charge in [-0.25, -0.2) is 13.2 Å². The molecule has 3 aromatic carbocycles. The summed E-state index contributed by atoms with van der Waals surface area (Å²) < 4.78 is 32.7. The van der Waals surface area contributed by atoms with E-state index >= 15 is 0 Å². The lowest BCUT2D eigenvalue weighted by Crippen LogP contribution is -2.24. The lowest BCUT2D eigenvalue weighted by atomic mass is 10.1. The summed E-state index contributed by atoms with van der Waals surface area (Å²) in [4.78, 5) is 24.0. The minimum absolute atomic E-state index is 0.00186. The Hall–Kier alpha value is -3.85. The first-order valence-corrected chi connectivity index (χ1v) is 11.6. The average Bonchev–Trinajstić information content (AvgIpc) is 2.78. The number of benzene rings is 3. The predicted octanol–water partition coefficient (Wildman–Crippen LogP) is 4.21. The van der Waals surface area contributed by atoms with Crippen LogP contribution in [-0.4, -0.2) is 27.5 Å². The molecule has 2 amide bonds. The van der Waals surface area contributed by atoms with Gasteiger partial charge in [-0.1, -0.05) is 30.3 Å². The Balaban J connectivity index is 1.71. The zero-order valence-corrected chi connectivity index (χ0v) is 19.3. The summed E-state index contributed by atoms with van der Waals surface area (Å²) in [5, 5.41) is 5.34. The van der Waals surface area contributed by atoms with E-state index in [2.05, 4.69) is 20.1 Å². The summed E-state index contributed by atoms with van der Waals surface area (Å²) in [7, 11) is -2.58. The van der Waals surface area contributed by atoms with E-state index in [0.29, 0.717) is 16.9 Å². The molecular formula is C24H25N3O5S. The molecule has 3 N–H and O–H groups in total. The van der Waals surface area contributed by atoms with E-state index < -0.39 is 22.0 Å². The number of sulfonamides is 1. The molecule has 0 fully saturated rings. The Labute approximate surface area is 193 Å². The number of ether oxygens (including phenoxy) is 1. The maximum absolute atomic E-state index is 12.8. The lowest BCUT2D eigenvalue weighted by Gasteiger charge is -2.12. The van der Waals surface area contributed by atoms with E-state index in [-0.39, 0.29) is 17.0 Å². The van der Waals surface area contributed by atoms with E-state index in [4.69, 9.17) is 0 Å². The zero-order valence-electron chi connectivity index (χ0n) is 18.5. The van der Waals surface area contributed by atoms with Crippen LogP contribution in [0, 0.1) is 13.8 Å². The van der Waals surface area contributed by atoms with Crippen LogP contribution in [0.3, 0.4) is 0 Å². The van der Waals surface area contributed by atoms with Crippen LogP contribution >= 0.6 is 0 Å². The largest absolute Gasteiger partial charge is 0.453 e. The summed E-state index contributed by atoms with van der Waals surface area (Å²) in [5.74, 6) is -0.392. The molecule has 0 aliphatic rings. The molecule has 3 rings (SSSR count). The first-order chi connectivity index (χ1) is 15.7. The van der Waals surface area contributed by atoms with Gasteiger partial charge in [0.25, 0.3) is 15.9 Å². The molecule has 3 aromatic rings. The topological polar surface area (TPSA) is 114 Å². The quantitative estimate of drug-likeness (QED) is 0.482. The molecule has 0 unspecified atom stereocenters. The molecule has 0 heterocycles. The van der Waals surface area contributed by atoms with Gasteiger partial charge < -0.3 is 10.1 Å². The van der Waals surface area contributed by atoms with Crippen molar-refractivity contribution >= 4 is 33.4 Å². The summed E-state index contributed by atoms with van der Waals surface area (Å²) in [5.41, 5.74) is 3.67. The molecule has 0 atom stereocenters. The number of amides is 2. The lowest BCUT2D eigenvalue weighted by molar-refractivity contribution is 0.0950. The van der Waals surface area contributed by atoms with E-state index in [0.717, 1.165) is 11.1 Å². The number of nitrogens with one attached hydrogen (secondary N) is 3. The van der Waals surface area contributed by atoms with Crippen molar-refractivity contribution in [1.82, 2.24) is 5.32 Å². The van der Waals surface area contributed by atoms with Crippen LogP contribution in [0.25, 0.3) is 0 Å². The maximum atomic E-state index is 12.8. The van der Waals surface area contributed by atoms with E-state index in [1.165, 1.54) is 19.2 Å². The highest BCUT2D eigenvalue weighted by Gasteiger charge is 2.18. The molecule has 0 aliphatic carbocycles. The number of carbonyl (C=O) groups excluding carboxylic acids is 2. The van der Waals surface area contributed by atoms with Gasteiger partial charge in [0, 0.05) is 23.5 Å². The Morgan fingerprint density at radius 2 is 1.64 bits per heavy atom. The third kappa shape index (κ3) is 6.33. The number of rotatable bonds is 7. The Morgan fingerprint density at radius 3 is 2.30 bits per heavy atom. The first-order valence-electron chi connectivity index (χ1n) is 10.1. The second-order valence-corrected chi connectivity index (χ2v) is 9.13. The van der Waals surface area contributed by atoms with E-state index in [9.17, 15) is 18.0 Å². The SMILES string of the molecule is COC(=O)Nc1ccc(CNC(=O)c2cc(S(=O)(=O)Nc3cccc(C)c3)ccc2C)cc1. The molecule has 33 heavy (non-hydrogen) atoms. The van der Waals surface area contributed by atoms with E-state index in [1.807, 2.05) is 13.0 Å². The average molecular weight is 468 g/mol. The Morgan fingerprint density at radius 1 is 0.909 bits per heavy atom. The molecule has 0 radical (unpaired) electrons. The highest BCUT2D eigenvalue weighted by atomic mass is 32.2. The maximum Gasteiger partial charge on any atom is 0.411 e. The number of hydrogen-bond donors (Lipinski definition) is 3. The molecule has 0 saturated carbocycles. The minimum atomic E-state index is -3.86. The summed E-state index contributed by atoms with van der Waals surface area (Å²) in [6, 6.07) is 18.4. The highest BCUT2D eigenvalue weighted by molar-refractivity contribution is 7.92. The van der Waals surface area contributed by atoms with Gasteiger partial charge in [-0.15, -0.1) is 0 Å². The van der Waals surface area contributed by atoms with Crippen LogP contribution in [0.5, 0.6) is 0 Å². The van der Waals surface area contributed by atoms with Crippen molar-refractivity contribution in [2.75, 3.05) is 17.1 Å². The normalized spacial score (nSPS) is 10.9. The van der Waals surface area contributed by atoms with Crippen LogP contribution in [-0.2, 0) is 21.3 Å². The molecule has 0 saturated heterocycles. The molecular weight excluding hydrogens is 442 g/mol. The van der Waals surface area contributed by atoms with Gasteiger partial charge >= 0.3 is 6.09 Å². The standard InChI is InChI=1S/C24H25N3O5S/c1-16-5-4-6-20(13-16)27-33(30,31)21-12-7-17(2)22(14-21)23(28)25-15-18-8-10-19(11-9-18)26-24(29)32-3/h4-14,27H,15H2,1-3H3,(H,25,28)(H,26,29). The van der Waals surface area contributed by atoms with Crippen LogP contribution in [0.15, 0.2) is 71.6 Å². The van der Waals surface area contributed by atoms with Crippen LogP contribution in [0.1, 0.15) is 27.0 Å². The van der Waals surface area contributed by atoms with Crippen molar-refractivity contribution in [3.05, 3.63) is 89.0 Å². The second kappa shape index (κ2) is 10.2. The molecule has 172 valence electrons. The Kier molecular flexibility index (Phi) is 7.34.